The molecule has 8 heteroatoms. The van der Waals surface area contributed by atoms with Crippen LogP contribution in [0.5, 0.6) is 0 Å². The molecule has 0 saturated heterocycles. The average Bonchev–Trinajstić information content (AvgIpc) is 3.26. The fourth-order valence-corrected chi connectivity index (χ4v) is 2.79. The molecule has 0 aliphatic carbocycles. The molecule has 3 aromatic rings. The van der Waals surface area contributed by atoms with Gasteiger partial charge in [0.1, 0.15) is 0 Å². The minimum Gasteiger partial charge on any atom is -0.411 e. The second-order valence-corrected chi connectivity index (χ2v) is 6.47. The first-order valence-electron chi connectivity index (χ1n) is 7.92. The summed E-state index contributed by atoms with van der Waals surface area (Å²) in [6, 6.07) is 5.83. The van der Waals surface area contributed by atoms with Crippen molar-refractivity contribution in [3.05, 3.63) is 41.7 Å². The first-order chi connectivity index (χ1) is 12.1. The number of carbonyl (C=O) groups excluding carboxylic acids is 1. The van der Waals surface area contributed by atoms with E-state index in [9.17, 15) is 4.79 Å². The molecule has 0 radical (unpaired) electrons. The molecular weight excluding hydrogens is 338 g/mol. The van der Waals surface area contributed by atoms with Crippen molar-refractivity contribution in [3.63, 3.8) is 0 Å². The van der Waals surface area contributed by atoms with Gasteiger partial charge in [0, 0.05) is 18.4 Å². The third-order valence-corrected chi connectivity index (χ3v) is 4.63. The van der Waals surface area contributed by atoms with Crippen molar-refractivity contribution in [2.45, 2.75) is 32.5 Å². The summed E-state index contributed by atoms with van der Waals surface area (Å²) in [5.74, 6) is 0.484. The molecule has 0 aliphatic rings. The molecule has 0 fully saturated rings. The summed E-state index contributed by atoms with van der Waals surface area (Å²) in [4.78, 5) is 12.1. The Labute approximate surface area is 149 Å². The summed E-state index contributed by atoms with van der Waals surface area (Å²) in [5.41, 5.74) is 3.79. The van der Waals surface area contributed by atoms with Gasteiger partial charge in [0.05, 0.1) is 17.5 Å². The maximum absolute atomic E-state index is 12.1. The summed E-state index contributed by atoms with van der Waals surface area (Å²) in [7, 11) is 0. The van der Waals surface area contributed by atoms with Gasteiger partial charge in [-0.1, -0.05) is 23.9 Å². The van der Waals surface area contributed by atoms with Crippen LogP contribution in [0.25, 0.3) is 11.5 Å². The number of amides is 1. The molecule has 3 rings (SSSR count). The number of hydrogen-bond donors (Lipinski definition) is 1. The highest BCUT2D eigenvalue weighted by Gasteiger charge is 2.13. The van der Waals surface area contributed by atoms with Crippen LogP contribution in [0.3, 0.4) is 0 Å². The van der Waals surface area contributed by atoms with Gasteiger partial charge in [-0.3, -0.25) is 9.48 Å². The first kappa shape index (κ1) is 17.2. The van der Waals surface area contributed by atoms with Crippen molar-refractivity contribution in [1.82, 2.24) is 20.0 Å². The van der Waals surface area contributed by atoms with Crippen LogP contribution in [0.1, 0.15) is 18.1 Å². The van der Waals surface area contributed by atoms with Gasteiger partial charge in [0.2, 0.25) is 5.91 Å². The van der Waals surface area contributed by atoms with Crippen molar-refractivity contribution in [1.29, 1.82) is 0 Å². The van der Waals surface area contributed by atoms with Gasteiger partial charge in [0.25, 0.3) is 11.1 Å². The lowest BCUT2D eigenvalue weighted by Crippen LogP contribution is -2.15. The number of aromatic nitrogens is 4. The van der Waals surface area contributed by atoms with Crippen molar-refractivity contribution in [2.75, 3.05) is 11.1 Å². The van der Waals surface area contributed by atoms with E-state index in [0.717, 1.165) is 28.9 Å². The second kappa shape index (κ2) is 7.52. The molecular formula is C17H19N5O2S. The molecule has 1 aromatic carbocycles. The highest BCUT2D eigenvalue weighted by molar-refractivity contribution is 7.99. The van der Waals surface area contributed by atoms with Gasteiger partial charge in [-0.15, -0.1) is 10.2 Å². The van der Waals surface area contributed by atoms with E-state index < -0.39 is 0 Å². The topological polar surface area (TPSA) is 85.8 Å². The molecule has 1 amide bonds. The molecule has 25 heavy (non-hydrogen) atoms. The highest BCUT2D eigenvalue weighted by atomic mass is 32.2. The third kappa shape index (κ3) is 4.08. The van der Waals surface area contributed by atoms with E-state index in [0.29, 0.717) is 11.1 Å². The zero-order valence-corrected chi connectivity index (χ0v) is 15.1. The van der Waals surface area contributed by atoms with Gasteiger partial charge in [-0.2, -0.15) is 5.10 Å². The van der Waals surface area contributed by atoms with Gasteiger partial charge in [0.15, 0.2) is 0 Å². The maximum Gasteiger partial charge on any atom is 0.277 e. The van der Waals surface area contributed by atoms with Crippen LogP contribution in [-0.2, 0) is 11.3 Å². The van der Waals surface area contributed by atoms with Crippen molar-refractivity contribution in [2.24, 2.45) is 0 Å². The molecule has 7 nitrogen and oxygen atoms in total. The number of nitrogens with zero attached hydrogens (tertiary/aromatic N) is 4. The molecule has 2 aromatic heterocycles. The summed E-state index contributed by atoms with van der Waals surface area (Å²) < 4.78 is 7.36. The molecule has 0 saturated carbocycles. The van der Waals surface area contributed by atoms with E-state index in [1.54, 1.807) is 10.9 Å². The average molecular weight is 357 g/mol. The Morgan fingerprint density at radius 2 is 2.16 bits per heavy atom. The lowest BCUT2D eigenvalue weighted by Gasteiger charge is -2.09. The Balaban J connectivity index is 1.58. The van der Waals surface area contributed by atoms with E-state index in [1.165, 1.54) is 11.8 Å². The van der Waals surface area contributed by atoms with E-state index in [-0.39, 0.29) is 11.7 Å². The lowest BCUT2D eigenvalue weighted by atomic mass is 10.1. The number of carbonyl (C=O) groups is 1. The number of thioether (sulfide) groups is 1. The standard InChI is InChI=1S/C17H19N5O2S/c1-4-22-9-13(8-18-22)16-20-21-17(24-16)25-10-15(23)19-14-7-5-6-11(2)12(14)3/h5-9H,4,10H2,1-3H3,(H,19,23). The normalized spacial score (nSPS) is 10.8. The monoisotopic (exact) mass is 357 g/mol. The number of aryl methyl sites for hydroxylation is 2. The molecule has 0 atom stereocenters. The van der Waals surface area contributed by atoms with Crippen LogP contribution in [-0.4, -0.2) is 31.6 Å². The number of rotatable bonds is 6. The van der Waals surface area contributed by atoms with Gasteiger partial charge < -0.3 is 9.73 Å². The maximum atomic E-state index is 12.1. The molecule has 0 aliphatic heterocycles. The predicted molar refractivity (Wildman–Crippen MR) is 96.5 cm³/mol. The number of benzene rings is 1. The first-order valence-corrected chi connectivity index (χ1v) is 8.90. The van der Waals surface area contributed by atoms with Crippen LogP contribution >= 0.6 is 11.8 Å². The molecule has 0 bridgehead atoms. The van der Waals surface area contributed by atoms with E-state index in [2.05, 4.69) is 20.6 Å². The summed E-state index contributed by atoms with van der Waals surface area (Å²) in [5, 5.41) is 15.4. The lowest BCUT2D eigenvalue weighted by molar-refractivity contribution is -0.113. The minimum atomic E-state index is -0.114. The van der Waals surface area contributed by atoms with Gasteiger partial charge in [-0.05, 0) is 38.0 Å². The van der Waals surface area contributed by atoms with Crippen molar-refractivity contribution >= 4 is 23.4 Å². The largest absolute Gasteiger partial charge is 0.411 e. The van der Waals surface area contributed by atoms with Crippen LogP contribution in [0.2, 0.25) is 0 Å². The van der Waals surface area contributed by atoms with E-state index in [1.807, 2.05) is 45.2 Å². The predicted octanol–water partition coefficient (Wildman–Crippen LogP) is 3.30. The fourth-order valence-electron chi connectivity index (χ4n) is 2.23. The Bertz CT molecular complexity index is 887. The third-order valence-electron chi connectivity index (χ3n) is 3.82. The molecule has 0 unspecified atom stereocenters. The minimum absolute atomic E-state index is 0.114. The number of hydrogen-bond acceptors (Lipinski definition) is 6. The summed E-state index contributed by atoms with van der Waals surface area (Å²) in [6.07, 6.45) is 3.52. The van der Waals surface area contributed by atoms with Crippen molar-refractivity contribution < 1.29 is 9.21 Å². The second-order valence-electron chi connectivity index (χ2n) is 5.54. The Morgan fingerprint density at radius 1 is 1.32 bits per heavy atom. The number of anilines is 1. The molecule has 2 heterocycles. The van der Waals surface area contributed by atoms with Crippen LogP contribution in [0, 0.1) is 13.8 Å². The van der Waals surface area contributed by atoms with Crippen LogP contribution in [0.4, 0.5) is 5.69 Å². The Hall–Kier alpha value is -2.61. The fraction of sp³-hybridized carbons (Fsp3) is 0.294. The van der Waals surface area contributed by atoms with E-state index >= 15 is 0 Å². The van der Waals surface area contributed by atoms with E-state index in [4.69, 9.17) is 4.42 Å². The zero-order chi connectivity index (χ0) is 17.8. The quantitative estimate of drug-likeness (QED) is 0.681. The SMILES string of the molecule is CCn1cc(-c2nnc(SCC(=O)Nc3cccc(C)c3C)o2)cn1. The zero-order valence-electron chi connectivity index (χ0n) is 14.3. The molecule has 130 valence electrons. The molecule has 1 N–H and O–H groups in total. The Morgan fingerprint density at radius 3 is 2.92 bits per heavy atom. The summed E-state index contributed by atoms with van der Waals surface area (Å²) >= 11 is 1.21. The smallest absolute Gasteiger partial charge is 0.277 e. The van der Waals surface area contributed by atoms with Gasteiger partial charge >= 0.3 is 0 Å². The van der Waals surface area contributed by atoms with Crippen molar-refractivity contribution in [3.8, 4) is 11.5 Å². The highest BCUT2D eigenvalue weighted by Crippen LogP contribution is 2.23. The summed E-state index contributed by atoms with van der Waals surface area (Å²) in [6.45, 7) is 6.77. The van der Waals surface area contributed by atoms with Crippen LogP contribution < -0.4 is 5.32 Å². The Kier molecular flexibility index (Phi) is 5.18. The van der Waals surface area contributed by atoms with Crippen LogP contribution in [0.15, 0.2) is 40.2 Å². The molecule has 0 spiro atoms. The number of nitrogens with one attached hydrogen (secondary N) is 1. The van der Waals surface area contributed by atoms with Gasteiger partial charge in [-0.25, -0.2) is 0 Å².